The maximum absolute atomic E-state index is 11.7. The molecule has 1 aromatic carbocycles. The molecule has 0 aliphatic rings. The molecule has 124 valence electrons. The fourth-order valence-electron chi connectivity index (χ4n) is 2.22. The molecule has 0 unspecified atom stereocenters. The standard InChI is InChI=1S/C17H17ClN4O2/c1-17(2,3)24-16(23)21-15-5-4-10(8-19-15)12-6-11-9-20-22-14(11)7-13(12)18/h4-9H,1-3H3,(H,20,22)(H,19,21,23). The number of hydrogen-bond donors (Lipinski definition) is 2. The summed E-state index contributed by atoms with van der Waals surface area (Å²) in [7, 11) is 0. The van der Waals surface area contributed by atoms with Gasteiger partial charge in [-0.15, -0.1) is 0 Å². The molecule has 7 heteroatoms. The second kappa shape index (κ2) is 6.13. The Morgan fingerprint density at radius 3 is 2.71 bits per heavy atom. The van der Waals surface area contributed by atoms with E-state index < -0.39 is 11.7 Å². The summed E-state index contributed by atoms with van der Waals surface area (Å²) in [5, 5.41) is 11.0. The topological polar surface area (TPSA) is 79.9 Å². The van der Waals surface area contributed by atoms with Crippen molar-refractivity contribution >= 4 is 34.4 Å². The number of carbonyl (C=O) groups is 1. The molecule has 0 radical (unpaired) electrons. The number of carbonyl (C=O) groups excluding carboxylic acids is 1. The van der Waals surface area contributed by atoms with Crippen LogP contribution < -0.4 is 5.32 Å². The third-order valence-corrected chi connectivity index (χ3v) is 3.54. The van der Waals surface area contributed by atoms with Gasteiger partial charge in [-0.25, -0.2) is 9.78 Å². The lowest BCUT2D eigenvalue weighted by atomic mass is 10.1. The van der Waals surface area contributed by atoms with Gasteiger partial charge in [0, 0.05) is 22.7 Å². The van der Waals surface area contributed by atoms with Crippen molar-refractivity contribution in [2.75, 3.05) is 5.32 Å². The fourth-order valence-corrected chi connectivity index (χ4v) is 2.49. The predicted molar refractivity (Wildman–Crippen MR) is 94.2 cm³/mol. The molecule has 2 heterocycles. The number of aromatic nitrogens is 3. The number of amides is 1. The van der Waals surface area contributed by atoms with Gasteiger partial charge >= 0.3 is 6.09 Å². The maximum Gasteiger partial charge on any atom is 0.413 e. The van der Waals surface area contributed by atoms with Crippen LogP contribution in [0.25, 0.3) is 22.0 Å². The van der Waals surface area contributed by atoms with Gasteiger partial charge in [0.25, 0.3) is 0 Å². The van der Waals surface area contributed by atoms with Gasteiger partial charge in [-0.1, -0.05) is 11.6 Å². The highest BCUT2D eigenvalue weighted by molar-refractivity contribution is 6.34. The molecule has 2 N–H and O–H groups in total. The first-order chi connectivity index (χ1) is 11.3. The van der Waals surface area contributed by atoms with Gasteiger partial charge in [0.15, 0.2) is 0 Å². The van der Waals surface area contributed by atoms with Crippen LogP contribution in [0.2, 0.25) is 5.02 Å². The smallest absolute Gasteiger partial charge is 0.413 e. The zero-order valence-corrected chi connectivity index (χ0v) is 14.3. The highest BCUT2D eigenvalue weighted by Gasteiger charge is 2.16. The fraction of sp³-hybridized carbons (Fsp3) is 0.235. The summed E-state index contributed by atoms with van der Waals surface area (Å²) in [6, 6.07) is 7.31. The van der Waals surface area contributed by atoms with E-state index in [2.05, 4.69) is 20.5 Å². The molecule has 0 spiro atoms. The third-order valence-electron chi connectivity index (χ3n) is 3.23. The molecule has 6 nitrogen and oxygen atoms in total. The van der Waals surface area contributed by atoms with E-state index >= 15 is 0 Å². The number of nitrogens with zero attached hydrogens (tertiary/aromatic N) is 2. The monoisotopic (exact) mass is 344 g/mol. The van der Waals surface area contributed by atoms with Gasteiger partial charge in [0.1, 0.15) is 11.4 Å². The molecule has 2 aromatic heterocycles. The Morgan fingerprint density at radius 2 is 2.04 bits per heavy atom. The number of rotatable bonds is 2. The van der Waals surface area contributed by atoms with Crippen LogP contribution in [0.1, 0.15) is 20.8 Å². The minimum atomic E-state index is -0.558. The van der Waals surface area contributed by atoms with E-state index in [1.54, 1.807) is 39.2 Å². The number of H-pyrrole nitrogens is 1. The van der Waals surface area contributed by atoms with Crippen molar-refractivity contribution in [3.63, 3.8) is 0 Å². The summed E-state index contributed by atoms with van der Waals surface area (Å²) in [5.74, 6) is 0.411. The van der Waals surface area contributed by atoms with Crippen molar-refractivity contribution in [1.29, 1.82) is 0 Å². The number of halogens is 1. The van der Waals surface area contributed by atoms with E-state index in [1.807, 2.05) is 18.2 Å². The van der Waals surface area contributed by atoms with E-state index in [1.165, 1.54) is 0 Å². The minimum absolute atomic E-state index is 0.411. The van der Waals surface area contributed by atoms with Gasteiger partial charge in [-0.3, -0.25) is 10.4 Å². The summed E-state index contributed by atoms with van der Waals surface area (Å²) in [4.78, 5) is 16.0. The number of aromatic amines is 1. The normalized spacial score (nSPS) is 11.5. The summed E-state index contributed by atoms with van der Waals surface area (Å²) in [6.07, 6.45) is 2.85. The third kappa shape index (κ3) is 3.65. The lowest BCUT2D eigenvalue weighted by Gasteiger charge is -2.19. The van der Waals surface area contributed by atoms with Crippen molar-refractivity contribution in [1.82, 2.24) is 15.2 Å². The van der Waals surface area contributed by atoms with Gasteiger partial charge in [-0.2, -0.15) is 5.10 Å². The highest BCUT2D eigenvalue weighted by Crippen LogP contribution is 2.31. The zero-order chi connectivity index (χ0) is 17.3. The number of pyridine rings is 1. The van der Waals surface area contributed by atoms with Crippen molar-refractivity contribution in [3.05, 3.63) is 41.7 Å². The summed E-state index contributed by atoms with van der Waals surface area (Å²) in [6.45, 7) is 5.41. The molecular formula is C17H17ClN4O2. The second-order valence-electron chi connectivity index (χ2n) is 6.35. The number of fused-ring (bicyclic) bond motifs is 1. The van der Waals surface area contributed by atoms with Crippen molar-refractivity contribution < 1.29 is 9.53 Å². The maximum atomic E-state index is 11.7. The average molecular weight is 345 g/mol. The molecule has 0 bridgehead atoms. The summed E-state index contributed by atoms with van der Waals surface area (Å²) < 4.78 is 5.19. The van der Waals surface area contributed by atoms with Crippen molar-refractivity contribution in [3.8, 4) is 11.1 Å². The SMILES string of the molecule is CC(C)(C)OC(=O)Nc1ccc(-c2cc3cn[nH]c3cc2Cl)cn1. The molecule has 0 aliphatic carbocycles. The van der Waals surface area contributed by atoms with Crippen LogP contribution in [0.5, 0.6) is 0 Å². The highest BCUT2D eigenvalue weighted by atomic mass is 35.5. The molecule has 0 atom stereocenters. The van der Waals surface area contributed by atoms with Crippen LogP contribution in [-0.2, 0) is 4.74 Å². The van der Waals surface area contributed by atoms with Crippen LogP contribution >= 0.6 is 11.6 Å². The van der Waals surface area contributed by atoms with Gasteiger partial charge in [0.05, 0.1) is 16.7 Å². The molecule has 24 heavy (non-hydrogen) atoms. The van der Waals surface area contributed by atoms with Crippen molar-refractivity contribution in [2.45, 2.75) is 26.4 Å². The minimum Gasteiger partial charge on any atom is -0.444 e. The second-order valence-corrected chi connectivity index (χ2v) is 6.76. The van der Waals surface area contributed by atoms with E-state index in [0.29, 0.717) is 10.8 Å². The number of nitrogens with one attached hydrogen (secondary N) is 2. The Kier molecular flexibility index (Phi) is 4.15. The van der Waals surface area contributed by atoms with Gasteiger partial charge in [0.2, 0.25) is 0 Å². The zero-order valence-electron chi connectivity index (χ0n) is 13.6. The Hall–Kier alpha value is -2.60. The van der Waals surface area contributed by atoms with Crippen LogP contribution in [-0.4, -0.2) is 26.9 Å². The molecular weight excluding hydrogens is 328 g/mol. The Bertz CT molecular complexity index is 882. The first-order valence-electron chi connectivity index (χ1n) is 7.41. The van der Waals surface area contributed by atoms with E-state index in [0.717, 1.165) is 22.0 Å². The number of ether oxygens (including phenoxy) is 1. The quantitative estimate of drug-likeness (QED) is 0.710. The largest absolute Gasteiger partial charge is 0.444 e. The Morgan fingerprint density at radius 1 is 1.25 bits per heavy atom. The van der Waals surface area contributed by atoms with Gasteiger partial charge < -0.3 is 4.74 Å². The van der Waals surface area contributed by atoms with E-state index in [-0.39, 0.29) is 0 Å². The predicted octanol–water partition coefficient (Wildman–Crippen LogP) is 4.63. The first kappa shape index (κ1) is 16.3. The van der Waals surface area contributed by atoms with E-state index in [9.17, 15) is 4.79 Å². The van der Waals surface area contributed by atoms with Crippen LogP contribution in [0.4, 0.5) is 10.6 Å². The molecule has 0 fully saturated rings. The molecule has 3 rings (SSSR count). The summed E-state index contributed by atoms with van der Waals surface area (Å²) >= 11 is 6.33. The molecule has 1 amide bonds. The Labute approximate surface area is 144 Å². The van der Waals surface area contributed by atoms with Crippen LogP contribution in [0, 0.1) is 0 Å². The number of benzene rings is 1. The lowest BCUT2D eigenvalue weighted by Crippen LogP contribution is -2.27. The van der Waals surface area contributed by atoms with Gasteiger partial charge in [-0.05, 0) is 45.0 Å². The molecule has 3 aromatic rings. The average Bonchev–Trinajstić information content (AvgIpc) is 2.92. The number of hydrogen-bond acceptors (Lipinski definition) is 4. The first-order valence-corrected chi connectivity index (χ1v) is 7.79. The Balaban J connectivity index is 1.81. The van der Waals surface area contributed by atoms with Crippen LogP contribution in [0.3, 0.4) is 0 Å². The lowest BCUT2D eigenvalue weighted by molar-refractivity contribution is 0.0635. The molecule has 0 saturated heterocycles. The number of anilines is 1. The van der Waals surface area contributed by atoms with Crippen LogP contribution in [0.15, 0.2) is 36.7 Å². The van der Waals surface area contributed by atoms with Crippen molar-refractivity contribution in [2.24, 2.45) is 0 Å². The van der Waals surface area contributed by atoms with E-state index in [4.69, 9.17) is 16.3 Å². The molecule has 0 saturated carbocycles. The summed E-state index contributed by atoms with van der Waals surface area (Å²) in [5.41, 5.74) is 2.01. The molecule has 0 aliphatic heterocycles.